The molecule has 0 unspecified atom stereocenters. The number of nitrogens with zero attached hydrogens (tertiary/aromatic N) is 1. The Morgan fingerprint density at radius 2 is 2.05 bits per heavy atom. The Hall–Kier alpha value is -1.39. The standard InChI is InChI=1S/C15H21NO3/c1-2-19-13-7-9-16(10-8-13)11-12-5-3-4-6-14(12)15(17)18/h3-6,13H,2,7-11H2,1H3,(H,17,18). The highest BCUT2D eigenvalue weighted by molar-refractivity contribution is 5.89. The molecular formula is C15H21NO3. The number of rotatable bonds is 5. The maximum Gasteiger partial charge on any atom is 0.336 e. The summed E-state index contributed by atoms with van der Waals surface area (Å²) < 4.78 is 5.62. The first-order valence-electron chi connectivity index (χ1n) is 6.86. The van der Waals surface area contributed by atoms with Crippen molar-refractivity contribution in [3.8, 4) is 0 Å². The zero-order chi connectivity index (χ0) is 13.7. The Morgan fingerprint density at radius 1 is 1.37 bits per heavy atom. The largest absolute Gasteiger partial charge is 0.478 e. The SMILES string of the molecule is CCOC1CCN(Cc2ccccc2C(=O)O)CC1. The first-order chi connectivity index (χ1) is 9.20. The molecule has 1 N–H and O–H groups in total. The van der Waals surface area contributed by atoms with Crippen molar-refractivity contribution in [1.29, 1.82) is 0 Å². The van der Waals surface area contributed by atoms with E-state index in [0.717, 1.165) is 38.1 Å². The first kappa shape index (κ1) is 14.0. The summed E-state index contributed by atoms with van der Waals surface area (Å²) in [7, 11) is 0. The third kappa shape index (κ3) is 3.78. The molecule has 0 aromatic heterocycles. The summed E-state index contributed by atoms with van der Waals surface area (Å²) in [5.41, 5.74) is 1.30. The minimum Gasteiger partial charge on any atom is -0.478 e. The molecule has 0 spiro atoms. The van der Waals surface area contributed by atoms with Crippen LogP contribution >= 0.6 is 0 Å². The molecule has 1 aromatic rings. The summed E-state index contributed by atoms with van der Waals surface area (Å²) in [6, 6.07) is 7.24. The van der Waals surface area contributed by atoms with Crippen LogP contribution < -0.4 is 0 Å². The van der Waals surface area contributed by atoms with E-state index in [1.165, 1.54) is 0 Å². The lowest BCUT2D eigenvalue weighted by molar-refractivity contribution is 0.0124. The highest BCUT2D eigenvalue weighted by Gasteiger charge is 2.20. The van der Waals surface area contributed by atoms with Crippen LogP contribution in [0, 0.1) is 0 Å². The molecule has 1 aliphatic heterocycles. The third-order valence-electron chi connectivity index (χ3n) is 3.58. The predicted molar refractivity (Wildman–Crippen MR) is 73.3 cm³/mol. The Bertz CT molecular complexity index is 425. The average Bonchev–Trinajstić information content (AvgIpc) is 2.42. The lowest BCUT2D eigenvalue weighted by atomic mass is 10.0. The fourth-order valence-electron chi connectivity index (χ4n) is 2.58. The van der Waals surface area contributed by atoms with E-state index in [4.69, 9.17) is 9.84 Å². The van der Waals surface area contributed by atoms with Crippen LogP contribution in [0.15, 0.2) is 24.3 Å². The summed E-state index contributed by atoms with van der Waals surface area (Å²) >= 11 is 0. The summed E-state index contributed by atoms with van der Waals surface area (Å²) in [6.45, 7) is 5.44. The van der Waals surface area contributed by atoms with Crippen molar-refractivity contribution in [1.82, 2.24) is 4.90 Å². The van der Waals surface area contributed by atoms with Crippen molar-refractivity contribution in [2.75, 3.05) is 19.7 Å². The van der Waals surface area contributed by atoms with Crippen molar-refractivity contribution in [3.63, 3.8) is 0 Å². The molecule has 0 saturated carbocycles. The van der Waals surface area contributed by atoms with E-state index in [0.29, 0.717) is 18.2 Å². The molecule has 0 amide bonds. The van der Waals surface area contributed by atoms with Gasteiger partial charge in [-0.15, -0.1) is 0 Å². The smallest absolute Gasteiger partial charge is 0.336 e. The van der Waals surface area contributed by atoms with E-state index in [9.17, 15) is 4.79 Å². The molecule has 104 valence electrons. The highest BCUT2D eigenvalue weighted by Crippen LogP contribution is 2.18. The van der Waals surface area contributed by atoms with Crippen molar-refractivity contribution < 1.29 is 14.6 Å². The number of hydrogen-bond acceptors (Lipinski definition) is 3. The molecular weight excluding hydrogens is 242 g/mol. The van der Waals surface area contributed by atoms with Crippen LogP contribution in [0.25, 0.3) is 0 Å². The molecule has 0 atom stereocenters. The molecule has 1 saturated heterocycles. The molecule has 0 radical (unpaired) electrons. The number of aromatic carboxylic acids is 1. The highest BCUT2D eigenvalue weighted by atomic mass is 16.5. The molecule has 1 heterocycles. The number of likely N-dealkylation sites (tertiary alicyclic amines) is 1. The fraction of sp³-hybridized carbons (Fsp3) is 0.533. The van der Waals surface area contributed by atoms with Gasteiger partial charge in [0, 0.05) is 26.2 Å². The first-order valence-corrected chi connectivity index (χ1v) is 6.86. The lowest BCUT2D eigenvalue weighted by Crippen LogP contribution is -2.36. The van der Waals surface area contributed by atoms with Crippen LogP contribution in [0.3, 0.4) is 0 Å². The normalized spacial score (nSPS) is 17.5. The van der Waals surface area contributed by atoms with E-state index >= 15 is 0 Å². The van der Waals surface area contributed by atoms with Gasteiger partial charge in [0.1, 0.15) is 0 Å². The summed E-state index contributed by atoms with van der Waals surface area (Å²) in [6.07, 6.45) is 2.43. The Kier molecular flexibility index (Phi) is 4.93. The lowest BCUT2D eigenvalue weighted by Gasteiger charge is -2.31. The monoisotopic (exact) mass is 263 g/mol. The van der Waals surface area contributed by atoms with Crippen LogP contribution in [0.1, 0.15) is 35.7 Å². The molecule has 4 heteroatoms. The van der Waals surface area contributed by atoms with Crippen molar-refractivity contribution >= 4 is 5.97 Å². The molecule has 1 aliphatic rings. The molecule has 0 aliphatic carbocycles. The number of benzene rings is 1. The van der Waals surface area contributed by atoms with Crippen LogP contribution in [0.2, 0.25) is 0 Å². The molecule has 0 bridgehead atoms. The van der Waals surface area contributed by atoms with Crippen LogP contribution in [0.5, 0.6) is 0 Å². The average molecular weight is 263 g/mol. The second kappa shape index (κ2) is 6.68. The number of piperidine rings is 1. The van der Waals surface area contributed by atoms with Gasteiger partial charge in [-0.1, -0.05) is 18.2 Å². The second-order valence-electron chi connectivity index (χ2n) is 4.89. The van der Waals surface area contributed by atoms with Crippen LogP contribution in [-0.4, -0.2) is 41.8 Å². The third-order valence-corrected chi connectivity index (χ3v) is 3.58. The molecule has 2 rings (SSSR count). The number of carboxylic acid groups (broad SMARTS) is 1. The van der Waals surface area contributed by atoms with E-state index in [1.807, 2.05) is 19.1 Å². The Morgan fingerprint density at radius 3 is 2.68 bits per heavy atom. The van der Waals surface area contributed by atoms with E-state index in [1.54, 1.807) is 12.1 Å². The zero-order valence-electron chi connectivity index (χ0n) is 11.3. The van der Waals surface area contributed by atoms with Crippen LogP contribution in [-0.2, 0) is 11.3 Å². The van der Waals surface area contributed by atoms with E-state index in [2.05, 4.69) is 4.90 Å². The predicted octanol–water partition coefficient (Wildman–Crippen LogP) is 2.39. The van der Waals surface area contributed by atoms with Gasteiger partial charge < -0.3 is 9.84 Å². The van der Waals surface area contributed by atoms with Gasteiger partial charge in [0.05, 0.1) is 11.7 Å². The molecule has 4 nitrogen and oxygen atoms in total. The quantitative estimate of drug-likeness (QED) is 0.886. The minimum atomic E-state index is -0.847. The molecule has 19 heavy (non-hydrogen) atoms. The molecule has 1 fully saturated rings. The van der Waals surface area contributed by atoms with Gasteiger partial charge in [0.2, 0.25) is 0 Å². The van der Waals surface area contributed by atoms with Crippen molar-refractivity contribution in [2.45, 2.75) is 32.4 Å². The van der Waals surface area contributed by atoms with Crippen molar-refractivity contribution in [3.05, 3.63) is 35.4 Å². The maximum absolute atomic E-state index is 11.2. The summed E-state index contributed by atoms with van der Waals surface area (Å²) in [5.74, 6) is -0.847. The van der Waals surface area contributed by atoms with Gasteiger partial charge in [0.15, 0.2) is 0 Å². The van der Waals surface area contributed by atoms with Gasteiger partial charge in [-0.05, 0) is 31.4 Å². The minimum absolute atomic E-state index is 0.371. The summed E-state index contributed by atoms with van der Waals surface area (Å²) in [5, 5.41) is 9.17. The van der Waals surface area contributed by atoms with Crippen LogP contribution in [0.4, 0.5) is 0 Å². The maximum atomic E-state index is 11.2. The molecule has 1 aromatic carbocycles. The number of carbonyl (C=O) groups is 1. The number of carboxylic acids is 1. The number of hydrogen-bond donors (Lipinski definition) is 1. The Labute approximate surface area is 114 Å². The zero-order valence-corrected chi connectivity index (χ0v) is 11.3. The van der Waals surface area contributed by atoms with Gasteiger partial charge in [-0.2, -0.15) is 0 Å². The fourth-order valence-corrected chi connectivity index (χ4v) is 2.58. The second-order valence-corrected chi connectivity index (χ2v) is 4.89. The van der Waals surface area contributed by atoms with Crippen molar-refractivity contribution in [2.24, 2.45) is 0 Å². The number of ether oxygens (including phenoxy) is 1. The van der Waals surface area contributed by atoms with Gasteiger partial charge in [-0.25, -0.2) is 4.79 Å². The summed E-state index contributed by atoms with van der Waals surface area (Å²) in [4.78, 5) is 13.5. The Balaban J connectivity index is 1.94. The van der Waals surface area contributed by atoms with E-state index < -0.39 is 5.97 Å². The topological polar surface area (TPSA) is 49.8 Å². The van der Waals surface area contributed by atoms with Gasteiger partial charge in [-0.3, -0.25) is 4.90 Å². The van der Waals surface area contributed by atoms with E-state index in [-0.39, 0.29) is 0 Å². The van der Waals surface area contributed by atoms with Gasteiger partial charge in [0.25, 0.3) is 0 Å². The van der Waals surface area contributed by atoms with Gasteiger partial charge >= 0.3 is 5.97 Å².